The zero-order chi connectivity index (χ0) is 22.0. The Morgan fingerprint density at radius 3 is 2.42 bits per heavy atom. The number of hydrogen-bond donors (Lipinski definition) is 1. The predicted octanol–water partition coefficient (Wildman–Crippen LogP) is 4.60. The molecule has 1 aliphatic heterocycles. The van der Waals surface area contributed by atoms with Gasteiger partial charge < -0.3 is 10.2 Å². The van der Waals surface area contributed by atoms with E-state index in [1.54, 1.807) is 12.1 Å². The molecule has 0 aliphatic carbocycles. The van der Waals surface area contributed by atoms with Crippen molar-refractivity contribution in [3.63, 3.8) is 0 Å². The average molecular weight is 438 g/mol. The molecule has 2 heterocycles. The van der Waals surface area contributed by atoms with Gasteiger partial charge in [-0.1, -0.05) is 18.2 Å². The van der Waals surface area contributed by atoms with Crippen LogP contribution in [0.4, 0.5) is 4.39 Å². The van der Waals surface area contributed by atoms with Crippen LogP contribution in [0.3, 0.4) is 0 Å². The van der Waals surface area contributed by atoms with Crippen molar-refractivity contribution in [1.29, 1.82) is 0 Å². The van der Waals surface area contributed by atoms with Crippen molar-refractivity contribution in [3.05, 3.63) is 76.0 Å². The number of aromatic nitrogens is 1. The lowest BCUT2D eigenvalue weighted by atomic mass is 10.0. The first-order chi connectivity index (χ1) is 14.9. The molecule has 1 N–H and O–H groups in total. The lowest BCUT2D eigenvalue weighted by Crippen LogP contribution is -2.46. The minimum absolute atomic E-state index is 0.0351. The largest absolute Gasteiger partial charge is 0.349 e. The fourth-order valence-corrected chi connectivity index (χ4v) is 4.81. The number of carbonyl (C=O) groups is 2. The summed E-state index contributed by atoms with van der Waals surface area (Å²) in [7, 11) is 0. The molecule has 0 atom stereocenters. The number of nitrogens with zero attached hydrogens (tertiary/aromatic N) is 2. The second-order valence-corrected chi connectivity index (χ2v) is 8.79. The van der Waals surface area contributed by atoms with Gasteiger partial charge in [0, 0.05) is 30.3 Å². The number of halogens is 1. The first kappa shape index (κ1) is 21.2. The Labute approximate surface area is 184 Å². The smallest absolute Gasteiger partial charge is 0.265 e. The third kappa shape index (κ3) is 4.66. The number of amides is 2. The number of hydrogen-bond acceptors (Lipinski definition) is 4. The monoisotopic (exact) mass is 437 g/mol. The number of piperidine rings is 1. The van der Waals surface area contributed by atoms with E-state index in [1.165, 1.54) is 23.5 Å². The standard InChI is InChI=1S/C24H24FN3O2S/c1-15-5-3-4-6-20(15)22(29)27-19-11-13-28(14-12-19)24(30)21-16(2)26-23(31-21)17-7-9-18(25)10-8-17/h3-10,19H,11-14H2,1-2H3,(H,27,29). The Morgan fingerprint density at radius 2 is 1.74 bits per heavy atom. The lowest BCUT2D eigenvalue weighted by molar-refractivity contribution is 0.0702. The summed E-state index contributed by atoms with van der Waals surface area (Å²) in [5.74, 6) is -0.400. The van der Waals surface area contributed by atoms with E-state index >= 15 is 0 Å². The van der Waals surface area contributed by atoms with Crippen LogP contribution in [0.5, 0.6) is 0 Å². The van der Waals surface area contributed by atoms with Crippen molar-refractivity contribution >= 4 is 23.2 Å². The Bertz CT molecular complexity index is 1100. The van der Waals surface area contributed by atoms with Crippen molar-refractivity contribution < 1.29 is 14.0 Å². The first-order valence-electron chi connectivity index (χ1n) is 10.3. The molecule has 0 bridgehead atoms. The fourth-order valence-electron chi connectivity index (χ4n) is 3.77. The topological polar surface area (TPSA) is 62.3 Å². The van der Waals surface area contributed by atoms with Crippen molar-refractivity contribution in [2.45, 2.75) is 32.7 Å². The van der Waals surface area contributed by atoms with Gasteiger partial charge >= 0.3 is 0 Å². The van der Waals surface area contributed by atoms with E-state index in [9.17, 15) is 14.0 Å². The van der Waals surface area contributed by atoms with E-state index in [0.29, 0.717) is 47.1 Å². The number of thiazole rings is 1. The van der Waals surface area contributed by atoms with E-state index in [1.807, 2.05) is 43.0 Å². The van der Waals surface area contributed by atoms with Crippen LogP contribution in [-0.4, -0.2) is 40.8 Å². The van der Waals surface area contributed by atoms with E-state index in [4.69, 9.17) is 0 Å². The Morgan fingerprint density at radius 1 is 1.06 bits per heavy atom. The van der Waals surface area contributed by atoms with Gasteiger partial charge in [-0.3, -0.25) is 9.59 Å². The molecule has 5 nitrogen and oxygen atoms in total. The number of likely N-dealkylation sites (tertiary alicyclic amines) is 1. The summed E-state index contributed by atoms with van der Waals surface area (Å²) in [6, 6.07) is 13.7. The summed E-state index contributed by atoms with van der Waals surface area (Å²) in [6.07, 6.45) is 1.43. The quantitative estimate of drug-likeness (QED) is 0.649. The van der Waals surface area contributed by atoms with E-state index in [-0.39, 0.29) is 23.7 Å². The lowest BCUT2D eigenvalue weighted by Gasteiger charge is -2.32. The molecule has 1 aromatic heterocycles. The third-order valence-electron chi connectivity index (χ3n) is 5.59. The van der Waals surface area contributed by atoms with Crippen LogP contribution in [0.2, 0.25) is 0 Å². The number of rotatable bonds is 4. The maximum absolute atomic E-state index is 13.2. The summed E-state index contributed by atoms with van der Waals surface area (Å²) in [4.78, 5) is 32.6. The number of aryl methyl sites for hydroxylation is 2. The Kier molecular flexibility index (Phi) is 6.13. The zero-order valence-corrected chi connectivity index (χ0v) is 18.3. The SMILES string of the molecule is Cc1ccccc1C(=O)NC1CCN(C(=O)c2sc(-c3ccc(F)cc3)nc2C)CC1. The van der Waals surface area contributed by atoms with E-state index < -0.39 is 0 Å². The van der Waals surface area contributed by atoms with Crippen LogP contribution in [0.25, 0.3) is 10.6 Å². The summed E-state index contributed by atoms with van der Waals surface area (Å²) in [5, 5.41) is 3.81. The van der Waals surface area contributed by atoms with Crippen molar-refractivity contribution in [1.82, 2.24) is 15.2 Å². The molecule has 0 radical (unpaired) electrons. The fraction of sp³-hybridized carbons (Fsp3) is 0.292. The second-order valence-electron chi connectivity index (χ2n) is 7.80. The third-order valence-corrected chi connectivity index (χ3v) is 6.78. The van der Waals surface area contributed by atoms with Gasteiger partial charge in [-0.05, 0) is 62.6 Å². The van der Waals surface area contributed by atoms with E-state index in [2.05, 4.69) is 10.3 Å². The van der Waals surface area contributed by atoms with Gasteiger partial charge in [0.25, 0.3) is 11.8 Å². The predicted molar refractivity (Wildman–Crippen MR) is 120 cm³/mol. The maximum Gasteiger partial charge on any atom is 0.265 e. The van der Waals surface area contributed by atoms with Gasteiger partial charge in [0.15, 0.2) is 0 Å². The summed E-state index contributed by atoms with van der Waals surface area (Å²) in [6.45, 7) is 4.92. The van der Waals surface area contributed by atoms with Gasteiger partial charge in [-0.15, -0.1) is 11.3 Å². The minimum Gasteiger partial charge on any atom is -0.349 e. The van der Waals surface area contributed by atoms with Crippen LogP contribution >= 0.6 is 11.3 Å². The van der Waals surface area contributed by atoms with Gasteiger partial charge in [0.2, 0.25) is 0 Å². The second kappa shape index (κ2) is 8.98. The molecule has 0 saturated carbocycles. The zero-order valence-electron chi connectivity index (χ0n) is 17.5. The van der Waals surface area contributed by atoms with Crippen LogP contribution < -0.4 is 5.32 Å². The highest BCUT2D eigenvalue weighted by molar-refractivity contribution is 7.17. The van der Waals surface area contributed by atoms with Crippen molar-refractivity contribution in [2.24, 2.45) is 0 Å². The maximum atomic E-state index is 13.2. The van der Waals surface area contributed by atoms with Crippen LogP contribution in [0, 0.1) is 19.7 Å². The molecular weight excluding hydrogens is 413 g/mol. The summed E-state index contributed by atoms with van der Waals surface area (Å²) in [5.41, 5.74) is 3.12. The number of benzene rings is 2. The molecule has 0 spiro atoms. The average Bonchev–Trinajstić information content (AvgIpc) is 3.16. The molecular formula is C24H24FN3O2S. The van der Waals surface area contributed by atoms with Crippen LogP contribution in [-0.2, 0) is 0 Å². The molecule has 1 aliphatic rings. The molecule has 2 amide bonds. The molecule has 7 heteroatoms. The summed E-state index contributed by atoms with van der Waals surface area (Å²) >= 11 is 1.34. The minimum atomic E-state index is -0.300. The molecule has 160 valence electrons. The van der Waals surface area contributed by atoms with Gasteiger partial charge in [0.1, 0.15) is 15.7 Å². The van der Waals surface area contributed by atoms with Gasteiger partial charge in [0.05, 0.1) is 5.69 Å². The van der Waals surface area contributed by atoms with Crippen molar-refractivity contribution in [3.8, 4) is 10.6 Å². The van der Waals surface area contributed by atoms with E-state index in [0.717, 1.165) is 11.1 Å². The van der Waals surface area contributed by atoms with Crippen LogP contribution in [0.1, 0.15) is 44.1 Å². The molecule has 0 unspecified atom stereocenters. The number of carbonyl (C=O) groups excluding carboxylic acids is 2. The van der Waals surface area contributed by atoms with Gasteiger partial charge in [-0.2, -0.15) is 0 Å². The number of nitrogens with one attached hydrogen (secondary N) is 1. The molecule has 1 fully saturated rings. The summed E-state index contributed by atoms with van der Waals surface area (Å²) < 4.78 is 13.2. The molecule has 3 aromatic rings. The highest BCUT2D eigenvalue weighted by Gasteiger charge is 2.27. The highest BCUT2D eigenvalue weighted by Crippen LogP contribution is 2.29. The molecule has 1 saturated heterocycles. The molecule has 2 aromatic carbocycles. The van der Waals surface area contributed by atoms with Crippen molar-refractivity contribution in [2.75, 3.05) is 13.1 Å². The first-order valence-corrected chi connectivity index (χ1v) is 11.1. The Balaban J connectivity index is 1.38. The van der Waals surface area contributed by atoms with Gasteiger partial charge in [-0.25, -0.2) is 9.37 Å². The highest BCUT2D eigenvalue weighted by atomic mass is 32.1. The van der Waals surface area contributed by atoms with Crippen LogP contribution in [0.15, 0.2) is 48.5 Å². The molecule has 31 heavy (non-hydrogen) atoms. The molecule has 4 rings (SSSR count). The Hall–Kier alpha value is -3.06. The normalized spacial score (nSPS) is 14.5.